The molecule has 1 amide bonds. The summed E-state index contributed by atoms with van der Waals surface area (Å²) in [4.78, 5) is 25.6. The summed E-state index contributed by atoms with van der Waals surface area (Å²) in [6.45, 7) is 0. The van der Waals surface area contributed by atoms with Crippen molar-refractivity contribution in [2.75, 3.05) is 12.4 Å². The summed E-state index contributed by atoms with van der Waals surface area (Å²) in [5.74, 6) is -1.52. The molecule has 3 aromatic carbocycles. The Balaban J connectivity index is 1.88. The van der Waals surface area contributed by atoms with Crippen molar-refractivity contribution in [3.05, 3.63) is 94.8 Å². The third-order valence-corrected chi connectivity index (χ3v) is 4.29. The number of halogens is 2. The SMILES string of the molecule is COc1ccc(Cl)cc1C(=O)O[C@H](C(=O)Nc1ccc(F)cc1)c1ccccc1. The van der Waals surface area contributed by atoms with Gasteiger partial charge in [0.25, 0.3) is 5.91 Å². The van der Waals surface area contributed by atoms with E-state index in [9.17, 15) is 14.0 Å². The summed E-state index contributed by atoms with van der Waals surface area (Å²) in [7, 11) is 1.41. The van der Waals surface area contributed by atoms with E-state index >= 15 is 0 Å². The molecule has 3 aromatic rings. The predicted molar refractivity (Wildman–Crippen MR) is 108 cm³/mol. The molecule has 0 bridgehead atoms. The maximum atomic E-state index is 13.1. The lowest BCUT2D eigenvalue weighted by atomic mass is 10.1. The average molecular weight is 414 g/mol. The molecule has 3 rings (SSSR count). The van der Waals surface area contributed by atoms with E-state index in [0.717, 1.165) is 0 Å². The average Bonchev–Trinajstić information content (AvgIpc) is 2.74. The van der Waals surface area contributed by atoms with Gasteiger partial charge in [0.15, 0.2) is 0 Å². The molecule has 0 aliphatic heterocycles. The van der Waals surface area contributed by atoms with Gasteiger partial charge in [-0.05, 0) is 42.5 Å². The molecular weight excluding hydrogens is 397 g/mol. The van der Waals surface area contributed by atoms with Crippen molar-refractivity contribution in [1.29, 1.82) is 0 Å². The predicted octanol–water partition coefficient (Wildman–Crippen LogP) is 5.02. The second-order valence-electron chi connectivity index (χ2n) is 6.04. The number of esters is 1. The molecule has 29 heavy (non-hydrogen) atoms. The lowest BCUT2D eigenvalue weighted by molar-refractivity contribution is -0.125. The fourth-order valence-corrected chi connectivity index (χ4v) is 2.82. The Morgan fingerprint density at radius 2 is 1.69 bits per heavy atom. The molecular formula is C22H17ClFNO4. The number of methoxy groups -OCH3 is 1. The van der Waals surface area contributed by atoms with Crippen LogP contribution in [0.1, 0.15) is 22.0 Å². The van der Waals surface area contributed by atoms with E-state index < -0.39 is 23.8 Å². The minimum absolute atomic E-state index is 0.0931. The molecule has 0 fully saturated rings. The molecule has 0 aliphatic carbocycles. The molecule has 0 aromatic heterocycles. The van der Waals surface area contributed by atoms with Crippen LogP contribution in [-0.4, -0.2) is 19.0 Å². The highest BCUT2D eigenvalue weighted by molar-refractivity contribution is 6.31. The third-order valence-electron chi connectivity index (χ3n) is 4.06. The van der Waals surface area contributed by atoms with Crippen molar-refractivity contribution >= 4 is 29.2 Å². The number of hydrogen-bond acceptors (Lipinski definition) is 4. The fourth-order valence-electron chi connectivity index (χ4n) is 2.65. The van der Waals surface area contributed by atoms with E-state index in [4.69, 9.17) is 21.1 Å². The maximum Gasteiger partial charge on any atom is 0.343 e. The van der Waals surface area contributed by atoms with E-state index in [2.05, 4.69) is 5.32 Å². The van der Waals surface area contributed by atoms with Crippen LogP contribution in [0, 0.1) is 5.82 Å². The summed E-state index contributed by atoms with van der Waals surface area (Å²) in [5.41, 5.74) is 0.936. The molecule has 1 atom stereocenters. The normalized spacial score (nSPS) is 11.4. The summed E-state index contributed by atoms with van der Waals surface area (Å²) in [6, 6.07) is 18.3. The van der Waals surface area contributed by atoms with Crippen LogP contribution in [0.2, 0.25) is 5.02 Å². The number of nitrogens with one attached hydrogen (secondary N) is 1. The lowest BCUT2D eigenvalue weighted by Crippen LogP contribution is -2.26. The molecule has 1 N–H and O–H groups in total. The van der Waals surface area contributed by atoms with Gasteiger partial charge in [-0.3, -0.25) is 4.79 Å². The van der Waals surface area contributed by atoms with Crippen molar-refractivity contribution in [1.82, 2.24) is 0 Å². The van der Waals surface area contributed by atoms with E-state index in [0.29, 0.717) is 16.3 Å². The van der Waals surface area contributed by atoms with Gasteiger partial charge < -0.3 is 14.8 Å². The van der Waals surface area contributed by atoms with Crippen molar-refractivity contribution in [3.8, 4) is 5.75 Å². The first-order chi connectivity index (χ1) is 14.0. The highest BCUT2D eigenvalue weighted by Crippen LogP contribution is 2.27. The summed E-state index contributed by atoms with van der Waals surface area (Å²) in [6.07, 6.45) is -1.24. The smallest absolute Gasteiger partial charge is 0.343 e. The largest absolute Gasteiger partial charge is 0.496 e. The van der Waals surface area contributed by atoms with Crippen LogP contribution >= 0.6 is 11.6 Å². The van der Waals surface area contributed by atoms with Gasteiger partial charge in [-0.25, -0.2) is 9.18 Å². The van der Waals surface area contributed by atoms with Gasteiger partial charge in [-0.15, -0.1) is 0 Å². The standard InChI is InChI=1S/C22H17ClFNO4/c1-28-19-12-7-15(23)13-18(19)22(27)29-20(14-5-3-2-4-6-14)21(26)25-17-10-8-16(24)9-11-17/h2-13,20H,1H3,(H,25,26)/t20-/m0/s1. The number of anilines is 1. The van der Waals surface area contributed by atoms with Gasteiger partial charge in [0.05, 0.1) is 7.11 Å². The monoisotopic (exact) mass is 413 g/mol. The number of rotatable bonds is 6. The summed E-state index contributed by atoms with van der Waals surface area (Å²) >= 11 is 5.98. The Kier molecular flexibility index (Phi) is 6.46. The topological polar surface area (TPSA) is 64.6 Å². The summed E-state index contributed by atoms with van der Waals surface area (Å²) in [5, 5.41) is 2.95. The Hall–Kier alpha value is -3.38. The number of ether oxygens (including phenoxy) is 2. The van der Waals surface area contributed by atoms with E-state index in [1.54, 1.807) is 36.4 Å². The van der Waals surface area contributed by atoms with Crippen molar-refractivity contribution < 1.29 is 23.5 Å². The van der Waals surface area contributed by atoms with E-state index in [1.807, 2.05) is 0 Å². The van der Waals surface area contributed by atoms with Gasteiger partial charge in [-0.1, -0.05) is 41.9 Å². The van der Waals surface area contributed by atoms with Crippen LogP contribution in [0.3, 0.4) is 0 Å². The first kappa shape index (κ1) is 20.4. The fraction of sp³-hybridized carbons (Fsp3) is 0.0909. The minimum Gasteiger partial charge on any atom is -0.496 e. The van der Waals surface area contributed by atoms with Crippen LogP contribution in [0.15, 0.2) is 72.8 Å². The zero-order valence-corrected chi connectivity index (χ0v) is 16.2. The number of amides is 1. The number of carbonyl (C=O) groups excluding carboxylic acids is 2. The number of carbonyl (C=O) groups is 2. The van der Waals surface area contributed by atoms with Crippen LogP contribution < -0.4 is 10.1 Å². The van der Waals surface area contributed by atoms with E-state index in [1.165, 1.54) is 43.5 Å². The minimum atomic E-state index is -1.24. The Labute approximate surface area is 172 Å². The zero-order chi connectivity index (χ0) is 20.8. The molecule has 5 nitrogen and oxygen atoms in total. The quantitative estimate of drug-likeness (QED) is 0.576. The highest BCUT2D eigenvalue weighted by atomic mass is 35.5. The first-order valence-corrected chi connectivity index (χ1v) is 9.01. The Morgan fingerprint density at radius 1 is 1.00 bits per heavy atom. The molecule has 148 valence electrons. The van der Waals surface area contributed by atoms with Gasteiger partial charge >= 0.3 is 5.97 Å². The van der Waals surface area contributed by atoms with Gasteiger partial charge in [0.1, 0.15) is 17.1 Å². The van der Waals surface area contributed by atoms with Crippen LogP contribution in [-0.2, 0) is 9.53 Å². The lowest BCUT2D eigenvalue weighted by Gasteiger charge is -2.19. The molecule has 0 saturated carbocycles. The van der Waals surface area contributed by atoms with Crippen molar-refractivity contribution in [3.63, 3.8) is 0 Å². The van der Waals surface area contributed by atoms with Crippen molar-refractivity contribution in [2.45, 2.75) is 6.10 Å². The van der Waals surface area contributed by atoms with Gasteiger partial charge in [0, 0.05) is 16.3 Å². The Bertz CT molecular complexity index is 1010. The number of benzene rings is 3. The maximum absolute atomic E-state index is 13.1. The highest BCUT2D eigenvalue weighted by Gasteiger charge is 2.27. The molecule has 0 heterocycles. The molecule has 7 heteroatoms. The second-order valence-corrected chi connectivity index (χ2v) is 6.47. The summed E-state index contributed by atoms with van der Waals surface area (Å²) < 4.78 is 23.8. The van der Waals surface area contributed by atoms with Crippen LogP contribution in [0.4, 0.5) is 10.1 Å². The van der Waals surface area contributed by atoms with Gasteiger partial charge in [-0.2, -0.15) is 0 Å². The molecule has 0 unspecified atom stereocenters. The zero-order valence-electron chi connectivity index (χ0n) is 15.4. The van der Waals surface area contributed by atoms with Gasteiger partial charge in [0.2, 0.25) is 6.10 Å². The Morgan fingerprint density at radius 3 is 2.34 bits per heavy atom. The second kappa shape index (κ2) is 9.21. The molecule has 0 saturated heterocycles. The molecule has 0 spiro atoms. The number of hydrogen-bond donors (Lipinski definition) is 1. The van der Waals surface area contributed by atoms with E-state index in [-0.39, 0.29) is 11.3 Å². The van der Waals surface area contributed by atoms with Crippen LogP contribution in [0.5, 0.6) is 5.75 Å². The molecule has 0 aliphatic rings. The van der Waals surface area contributed by atoms with Crippen molar-refractivity contribution in [2.24, 2.45) is 0 Å². The van der Waals surface area contributed by atoms with Crippen LogP contribution in [0.25, 0.3) is 0 Å². The molecule has 0 radical (unpaired) electrons. The first-order valence-electron chi connectivity index (χ1n) is 8.64. The third kappa shape index (κ3) is 5.12.